The normalized spacial score (nSPS) is 25.2. The first-order chi connectivity index (χ1) is 6.63. The van der Waals surface area contributed by atoms with Gasteiger partial charge in [0, 0.05) is 18.5 Å². The van der Waals surface area contributed by atoms with Crippen LogP contribution in [0.1, 0.15) is 27.2 Å². The number of rotatable bonds is 1. The van der Waals surface area contributed by atoms with Gasteiger partial charge in [-0.15, -0.1) is 0 Å². The van der Waals surface area contributed by atoms with Gasteiger partial charge in [-0.05, 0) is 6.42 Å². The highest BCUT2D eigenvalue weighted by molar-refractivity contribution is 7.91. The van der Waals surface area contributed by atoms with Crippen LogP contribution in [-0.2, 0) is 9.84 Å². The summed E-state index contributed by atoms with van der Waals surface area (Å²) in [6.45, 7) is 5.90. The number of nitrogens with zero attached hydrogens (tertiary/aromatic N) is 1. The van der Waals surface area contributed by atoms with Gasteiger partial charge in [0.25, 0.3) is 0 Å². The minimum atomic E-state index is -2.86. The van der Waals surface area contributed by atoms with E-state index in [0.717, 1.165) is 0 Å². The van der Waals surface area contributed by atoms with Crippen molar-refractivity contribution in [2.75, 3.05) is 18.6 Å². The van der Waals surface area contributed by atoms with E-state index in [9.17, 15) is 8.42 Å². The summed E-state index contributed by atoms with van der Waals surface area (Å²) in [4.78, 5) is 1.81. The van der Waals surface area contributed by atoms with Gasteiger partial charge in [0.2, 0.25) is 0 Å². The minimum absolute atomic E-state index is 0.0123. The molecule has 1 rings (SSSR count). The predicted octanol–water partition coefficient (Wildman–Crippen LogP) is 1.13. The number of amidine groups is 1. The zero-order valence-corrected chi connectivity index (χ0v) is 10.7. The molecule has 1 unspecified atom stereocenters. The zero-order chi connectivity index (χ0) is 11.9. The van der Waals surface area contributed by atoms with Crippen molar-refractivity contribution in [1.82, 2.24) is 4.90 Å². The molecular formula is C10H20N2O2S. The van der Waals surface area contributed by atoms with Gasteiger partial charge in [-0.2, -0.15) is 0 Å². The largest absolute Gasteiger partial charge is 0.359 e. The number of sulfone groups is 1. The quantitative estimate of drug-likeness (QED) is 0.544. The second kappa shape index (κ2) is 3.77. The van der Waals surface area contributed by atoms with Crippen LogP contribution in [0.5, 0.6) is 0 Å². The van der Waals surface area contributed by atoms with Gasteiger partial charge in [-0.25, -0.2) is 8.42 Å². The third kappa shape index (κ3) is 2.93. The summed E-state index contributed by atoms with van der Waals surface area (Å²) >= 11 is 0. The highest BCUT2D eigenvalue weighted by atomic mass is 32.2. The van der Waals surface area contributed by atoms with Crippen LogP contribution < -0.4 is 0 Å². The maximum atomic E-state index is 11.3. The van der Waals surface area contributed by atoms with Crippen molar-refractivity contribution in [2.45, 2.75) is 33.2 Å². The SMILES string of the molecule is CN(C(=N)C(C)(C)C)C1CCS(=O)(=O)C1. The topological polar surface area (TPSA) is 61.2 Å². The summed E-state index contributed by atoms with van der Waals surface area (Å²) in [6.07, 6.45) is 0.650. The molecule has 1 heterocycles. The standard InChI is InChI=1S/C10H20N2O2S/c1-10(2,3)9(11)12(4)8-5-6-15(13,14)7-8/h8,11H,5-7H2,1-4H3. The lowest BCUT2D eigenvalue weighted by Crippen LogP contribution is -2.43. The number of hydrogen-bond acceptors (Lipinski definition) is 3. The zero-order valence-electron chi connectivity index (χ0n) is 9.87. The maximum absolute atomic E-state index is 11.3. The minimum Gasteiger partial charge on any atom is -0.359 e. The van der Waals surface area contributed by atoms with E-state index >= 15 is 0 Å². The molecule has 0 aromatic carbocycles. The molecule has 5 heteroatoms. The molecule has 1 fully saturated rings. The molecule has 1 N–H and O–H groups in total. The van der Waals surface area contributed by atoms with Crippen molar-refractivity contribution in [3.63, 3.8) is 0 Å². The summed E-state index contributed by atoms with van der Waals surface area (Å²) in [5, 5.41) is 7.97. The molecule has 0 aliphatic carbocycles. The second-order valence-electron chi connectivity index (χ2n) is 5.27. The summed E-state index contributed by atoms with van der Waals surface area (Å²) in [7, 11) is -1.04. The molecule has 1 aliphatic rings. The molecule has 1 atom stereocenters. The van der Waals surface area contributed by atoms with Gasteiger partial charge >= 0.3 is 0 Å². The summed E-state index contributed by atoms with van der Waals surface area (Å²) in [5.41, 5.74) is -0.221. The Bertz CT molecular complexity index is 354. The fourth-order valence-corrected chi connectivity index (χ4v) is 3.57. The third-order valence-corrected chi connectivity index (χ3v) is 4.57. The monoisotopic (exact) mass is 232 g/mol. The molecule has 0 amide bonds. The van der Waals surface area contributed by atoms with E-state index in [0.29, 0.717) is 12.3 Å². The maximum Gasteiger partial charge on any atom is 0.152 e. The molecule has 15 heavy (non-hydrogen) atoms. The molecule has 88 valence electrons. The Morgan fingerprint density at radius 3 is 2.27 bits per heavy atom. The molecular weight excluding hydrogens is 212 g/mol. The molecule has 1 aliphatic heterocycles. The Balaban J connectivity index is 2.72. The highest BCUT2D eigenvalue weighted by Gasteiger charge is 2.34. The van der Waals surface area contributed by atoms with Crippen molar-refractivity contribution in [1.29, 1.82) is 5.41 Å². The van der Waals surface area contributed by atoms with E-state index in [4.69, 9.17) is 5.41 Å². The van der Waals surface area contributed by atoms with Crippen molar-refractivity contribution in [3.8, 4) is 0 Å². The summed E-state index contributed by atoms with van der Waals surface area (Å²) < 4.78 is 22.6. The van der Waals surface area contributed by atoms with E-state index in [1.54, 1.807) is 0 Å². The van der Waals surface area contributed by atoms with Crippen LogP contribution in [0.2, 0.25) is 0 Å². The number of hydrogen-bond donors (Lipinski definition) is 1. The first-order valence-corrected chi connectivity index (χ1v) is 6.98. The molecule has 0 spiro atoms. The van der Waals surface area contributed by atoms with Crippen LogP contribution in [-0.4, -0.2) is 43.7 Å². The van der Waals surface area contributed by atoms with E-state index < -0.39 is 9.84 Å². The average molecular weight is 232 g/mol. The fraction of sp³-hybridized carbons (Fsp3) is 0.900. The first kappa shape index (κ1) is 12.5. The van der Waals surface area contributed by atoms with Crippen molar-refractivity contribution < 1.29 is 8.42 Å². The Hall–Kier alpha value is -0.580. The molecule has 0 aromatic rings. The Morgan fingerprint density at radius 1 is 1.40 bits per heavy atom. The van der Waals surface area contributed by atoms with Crippen LogP contribution in [0.3, 0.4) is 0 Å². The van der Waals surface area contributed by atoms with E-state index in [1.807, 2.05) is 32.7 Å². The van der Waals surface area contributed by atoms with Gasteiger partial charge in [-0.1, -0.05) is 20.8 Å². The average Bonchev–Trinajstić information content (AvgIpc) is 2.42. The van der Waals surface area contributed by atoms with Crippen molar-refractivity contribution in [2.24, 2.45) is 5.41 Å². The van der Waals surface area contributed by atoms with Gasteiger partial charge in [0.05, 0.1) is 11.5 Å². The van der Waals surface area contributed by atoms with Crippen LogP contribution in [0.25, 0.3) is 0 Å². The van der Waals surface area contributed by atoms with Crippen LogP contribution in [0.15, 0.2) is 0 Å². The van der Waals surface area contributed by atoms with Gasteiger partial charge < -0.3 is 4.90 Å². The van der Waals surface area contributed by atoms with Gasteiger partial charge in [0.1, 0.15) is 5.84 Å². The summed E-state index contributed by atoms with van der Waals surface area (Å²) in [5.74, 6) is 0.964. The molecule has 0 saturated carbocycles. The van der Waals surface area contributed by atoms with Crippen LogP contribution in [0, 0.1) is 10.8 Å². The summed E-state index contributed by atoms with van der Waals surface area (Å²) in [6, 6.07) is -0.0123. The second-order valence-corrected chi connectivity index (χ2v) is 7.50. The van der Waals surface area contributed by atoms with Gasteiger partial charge in [-0.3, -0.25) is 5.41 Å². The molecule has 4 nitrogen and oxygen atoms in total. The van der Waals surface area contributed by atoms with Crippen molar-refractivity contribution in [3.05, 3.63) is 0 Å². The smallest absolute Gasteiger partial charge is 0.152 e. The first-order valence-electron chi connectivity index (χ1n) is 5.16. The Labute approximate surface area is 92.1 Å². The van der Waals surface area contributed by atoms with Crippen molar-refractivity contribution >= 4 is 15.7 Å². The molecule has 0 radical (unpaired) electrons. The van der Waals surface area contributed by atoms with Crippen LogP contribution in [0.4, 0.5) is 0 Å². The van der Waals surface area contributed by atoms with E-state index in [2.05, 4.69) is 0 Å². The lowest BCUT2D eigenvalue weighted by Gasteiger charge is -2.33. The van der Waals surface area contributed by atoms with Crippen LogP contribution >= 0.6 is 0 Å². The van der Waals surface area contributed by atoms with E-state index in [-0.39, 0.29) is 23.0 Å². The third-order valence-electron chi connectivity index (χ3n) is 2.82. The number of nitrogens with one attached hydrogen (secondary N) is 1. The molecule has 1 saturated heterocycles. The Morgan fingerprint density at radius 2 is 1.93 bits per heavy atom. The molecule has 0 aromatic heterocycles. The lowest BCUT2D eigenvalue weighted by molar-refractivity contribution is 0.350. The molecule has 0 bridgehead atoms. The van der Waals surface area contributed by atoms with E-state index in [1.165, 1.54) is 0 Å². The lowest BCUT2D eigenvalue weighted by atomic mass is 9.93. The van der Waals surface area contributed by atoms with Gasteiger partial charge in [0.15, 0.2) is 9.84 Å². The predicted molar refractivity (Wildman–Crippen MR) is 62.0 cm³/mol. The highest BCUT2D eigenvalue weighted by Crippen LogP contribution is 2.23. The Kier molecular flexibility index (Phi) is 3.14. The fourth-order valence-electron chi connectivity index (χ4n) is 1.79.